The quantitative estimate of drug-likeness (QED) is 0.426. The van der Waals surface area contributed by atoms with Crippen molar-refractivity contribution in [3.05, 3.63) is 103 Å². The summed E-state index contributed by atoms with van der Waals surface area (Å²) in [4.78, 5) is 0. The van der Waals surface area contributed by atoms with Crippen LogP contribution >= 0.6 is 12.4 Å². The largest absolute Gasteiger partial charge is 0.507 e. The summed E-state index contributed by atoms with van der Waals surface area (Å²) >= 11 is 0. The smallest absolute Gasteiger partial charge is 0.124 e. The number of benzene rings is 4. The van der Waals surface area contributed by atoms with Crippen molar-refractivity contribution in [2.24, 2.45) is 0 Å². The Kier molecular flexibility index (Phi) is 5.40. The zero-order valence-corrected chi connectivity index (χ0v) is 15.0. The van der Waals surface area contributed by atoms with Gasteiger partial charge in [-0.15, -0.1) is 12.4 Å². The fourth-order valence-electron chi connectivity index (χ4n) is 3.25. The standard InChI is InChI=1S/C24H18O.ClH/c25-22-17-16-21(18-10-4-1-5-11-18)23(19-12-6-2-7-13-19)24(22)20-14-8-3-9-15-20;/h1-17,25H;1H. The van der Waals surface area contributed by atoms with E-state index >= 15 is 0 Å². The minimum atomic E-state index is 0. The van der Waals surface area contributed by atoms with Crippen LogP contribution in [0.3, 0.4) is 0 Å². The highest BCUT2D eigenvalue weighted by molar-refractivity contribution is 5.97. The van der Waals surface area contributed by atoms with Crippen LogP contribution < -0.4 is 0 Å². The highest BCUT2D eigenvalue weighted by atomic mass is 35.5. The third kappa shape index (κ3) is 3.35. The minimum Gasteiger partial charge on any atom is -0.507 e. The second-order valence-corrected chi connectivity index (χ2v) is 5.98. The van der Waals surface area contributed by atoms with Crippen molar-refractivity contribution in [1.82, 2.24) is 0 Å². The molecule has 4 rings (SSSR count). The van der Waals surface area contributed by atoms with Crippen LogP contribution in [0.25, 0.3) is 33.4 Å². The minimum absolute atomic E-state index is 0. The third-order valence-corrected chi connectivity index (χ3v) is 4.39. The maximum Gasteiger partial charge on any atom is 0.124 e. The Bertz CT molecular complexity index is 981. The van der Waals surface area contributed by atoms with E-state index in [4.69, 9.17) is 0 Å². The number of hydrogen-bond acceptors (Lipinski definition) is 1. The molecule has 0 aliphatic heterocycles. The summed E-state index contributed by atoms with van der Waals surface area (Å²) in [5, 5.41) is 10.7. The first kappa shape index (κ1) is 17.8. The van der Waals surface area contributed by atoms with Gasteiger partial charge < -0.3 is 5.11 Å². The first-order valence-electron chi connectivity index (χ1n) is 8.37. The van der Waals surface area contributed by atoms with E-state index in [2.05, 4.69) is 24.3 Å². The molecule has 0 aliphatic carbocycles. The molecule has 0 unspecified atom stereocenters. The van der Waals surface area contributed by atoms with Gasteiger partial charge in [-0.1, -0.05) is 97.1 Å². The van der Waals surface area contributed by atoms with Crippen LogP contribution in [0, 0.1) is 0 Å². The molecule has 128 valence electrons. The van der Waals surface area contributed by atoms with Crippen LogP contribution in [0.5, 0.6) is 5.75 Å². The first-order valence-corrected chi connectivity index (χ1v) is 8.37. The molecule has 0 saturated carbocycles. The maximum atomic E-state index is 10.7. The molecule has 0 fully saturated rings. The molecule has 0 spiro atoms. The molecule has 26 heavy (non-hydrogen) atoms. The lowest BCUT2D eigenvalue weighted by Gasteiger charge is -2.17. The maximum absolute atomic E-state index is 10.7. The highest BCUT2D eigenvalue weighted by Crippen LogP contribution is 2.44. The van der Waals surface area contributed by atoms with E-state index in [9.17, 15) is 5.11 Å². The summed E-state index contributed by atoms with van der Waals surface area (Å²) in [5.41, 5.74) is 6.28. The summed E-state index contributed by atoms with van der Waals surface area (Å²) in [5.74, 6) is 0.296. The Balaban J connectivity index is 0.00000196. The van der Waals surface area contributed by atoms with E-state index in [1.165, 1.54) is 0 Å². The van der Waals surface area contributed by atoms with Crippen LogP contribution in [0.1, 0.15) is 0 Å². The SMILES string of the molecule is Cl.Oc1ccc(-c2ccccc2)c(-c2ccccc2)c1-c1ccccc1. The van der Waals surface area contributed by atoms with Gasteiger partial charge in [0.1, 0.15) is 5.75 Å². The van der Waals surface area contributed by atoms with Crippen LogP contribution in [-0.2, 0) is 0 Å². The Labute approximate surface area is 160 Å². The average Bonchev–Trinajstić information content (AvgIpc) is 2.70. The van der Waals surface area contributed by atoms with Crippen molar-refractivity contribution in [2.45, 2.75) is 0 Å². The van der Waals surface area contributed by atoms with Gasteiger partial charge in [0, 0.05) is 11.1 Å². The molecule has 0 bridgehead atoms. The fraction of sp³-hybridized carbons (Fsp3) is 0. The lowest BCUT2D eigenvalue weighted by atomic mass is 9.87. The molecular weight excluding hydrogens is 340 g/mol. The van der Waals surface area contributed by atoms with Crippen molar-refractivity contribution in [3.63, 3.8) is 0 Å². The Morgan fingerprint density at radius 3 is 1.35 bits per heavy atom. The number of aromatic hydroxyl groups is 1. The van der Waals surface area contributed by atoms with Gasteiger partial charge in [0.15, 0.2) is 0 Å². The summed E-state index contributed by atoms with van der Waals surface area (Å²) < 4.78 is 0. The molecule has 0 saturated heterocycles. The topological polar surface area (TPSA) is 20.2 Å². The fourth-order valence-corrected chi connectivity index (χ4v) is 3.25. The molecule has 0 atom stereocenters. The van der Waals surface area contributed by atoms with E-state index in [1.54, 1.807) is 6.07 Å². The molecule has 0 amide bonds. The molecule has 0 aromatic heterocycles. The lowest BCUT2D eigenvalue weighted by molar-refractivity contribution is 0.477. The lowest BCUT2D eigenvalue weighted by Crippen LogP contribution is -1.91. The van der Waals surface area contributed by atoms with E-state index in [0.29, 0.717) is 5.75 Å². The predicted molar refractivity (Wildman–Crippen MR) is 112 cm³/mol. The van der Waals surface area contributed by atoms with Crippen LogP contribution in [-0.4, -0.2) is 5.11 Å². The van der Waals surface area contributed by atoms with Gasteiger partial charge in [-0.3, -0.25) is 0 Å². The first-order chi connectivity index (χ1) is 12.3. The molecule has 0 radical (unpaired) electrons. The Morgan fingerprint density at radius 1 is 0.423 bits per heavy atom. The van der Waals surface area contributed by atoms with E-state index in [0.717, 1.165) is 33.4 Å². The zero-order valence-electron chi connectivity index (χ0n) is 14.2. The van der Waals surface area contributed by atoms with Gasteiger partial charge in [0.2, 0.25) is 0 Å². The molecule has 4 aromatic carbocycles. The summed E-state index contributed by atoms with van der Waals surface area (Å²) in [6, 6.07) is 34.4. The van der Waals surface area contributed by atoms with Gasteiger partial charge in [-0.05, 0) is 28.3 Å². The molecule has 0 heterocycles. The van der Waals surface area contributed by atoms with E-state index in [1.807, 2.05) is 72.8 Å². The van der Waals surface area contributed by atoms with E-state index in [-0.39, 0.29) is 12.4 Å². The molecule has 0 aliphatic rings. The molecular formula is C24H19ClO. The van der Waals surface area contributed by atoms with Crippen LogP contribution in [0.2, 0.25) is 0 Å². The third-order valence-electron chi connectivity index (χ3n) is 4.39. The van der Waals surface area contributed by atoms with Crippen LogP contribution in [0.4, 0.5) is 0 Å². The number of phenolic OH excluding ortho intramolecular Hbond substituents is 1. The summed E-state index contributed by atoms with van der Waals surface area (Å²) in [6.07, 6.45) is 0. The van der Waals surface area contributed by atoms with Crippen molar-refractivity contribution in [2.75, 3.05) is 0 Å². The van der Waals surface area contributed by atoms with Crippen molar-refractivity contribution >= 4 is 12.4 Å². The monoisotopic (exact) mass is 358 g/mol. The number of hydrogen-bond donors (Lipinski definition) is 1. The van der Waals surface area contributed by atoms with Crippen molar-refractivity contribution < 1.29 is 5.11 Å². The number of phenols is 1. The number of halogens is 1. The molecule has 4 aromatic rings. The van der Waals surface area contributed by atoms with Crippen molar-refractivity contribution in [1.29, 1.82) is 0 Å². The molecule has 2 heteroatoms. The second-order valence-electron chi connectivity index (χ2n) is 5.98. The zero-order chi connectivity index (χ0) is 17.1. The van der Waals surface area contributed by atoms with Crippen molar-refractivity contribution in [3.8, 4) is 39.1 Å². The van der Waals surface area contributed by atoms with Gasteiger partial charge in [0.05, 0.1) is 0 Å². The molecule has 1 N–H and O–H groups in total. The normalized spacial score (nSPS) is 10.2. The second kappa shape index (κ2) is 7.90. The van der Waals surface area contributed by atoms with Gasteiger partial charge in [0.25, 0.3) is 0 Å². The molecule has 1 nitrogen and oxygen atoms in total. The van der Waals surface area contributed by atoms with Crippen LogP contribution in [0.15, 0.2) is 103 Å². The summed E-state index contributed by atoms with van der Waals surface area (Å²) in [6.45, 7) is 0. The van der Waals surface area contributed by atoms with Gasteiger partial charge in [-0.25, -0.2) is 0 Å². The highest BCUT2D eigenvalue weighted by Gasteiger charge is 2.17. The van der Waals surface area contributed by atoms with Gasteiger partial charge >= 0.3 is 0 Å². The van der Waals surface area contributed by atoms with E-state index < -0.39 is 0 Å². The Morgan fingerprint density at radius 2 is 0.846 bits per heavy atom. The average molecular weight is 359 g/mol. The summed E-state index contributed by atoms with van der Waals surface area (Å²) in [7, 11) is 0. The predicted octanol–water partition coefficient (Wildman–Crippen LogP) is 6.82. The van der Waals surface area contributed by atoms with Gasteiger partial charge in [-0.2, -0.15) is 0 Å². The Hall–Kier alpha value is -3.03. The number of rotatable bonds is 3.